The summed E-state index contributed by atoms with van der Waals surface area (Å²) in [5, 5.41) is 4.76. The molecule has 1 aromatic carbocycles. The number of aromatic nitrogens is 1. The number of fused-ring (bicyclic) bond motifs is 3. The van der Waals surface area contributed by atoms with Gasteiger partial charge in [-0.1, -0.05) is 6.92 Å². The number of hydrogen-bond acceptors (Lipinski definition) is 5. The molecule has 0 aliphatic carbocycles. The van der Waals surface area contributed by atoms with Crippen molar-refractivity contribution < 1.29 is 4.79 Å². The predicted octanol–water partition coefficient (Wildman–Crippen LogP) is 3.47. The number of amides is 1. The van der Waals surface area contributed by atoms with Crippen LogP contribution in [0, 0.1) is 5.92 Å². The highest BCUT2D eigenvalue weighted by atomic mass is 32.2. The zero-order valence-electron chi connectivity index (χ0n) is 17.7. The average Bonchev–Trinajstić information content (AvgIpc) is 3.08. The zero-order valence-corrected chi connectivity index (χ0v) is 18.5. The summed E-state index contributed by atoms with van der Waals surface area (Å²) in [7, 11) is 1.99. The van der Waals surface area contributed by atoms with E-state index in [1.54, 1.807) is 11.9 Å². The fourth-order valence-electron chi connectivity index (χ4n) is 4.53. The lowest BCUT2D eigenvalue weighted by Gasteiger charge is -2.30. The van der Waals surface area contributed by atoms with Crippen LogP contribution in [0.15, 0.2) is 35.5 Å². The summed E-state index contributed by atoms with van der Waals surface area (Å²) in [6, 6.07) is 6.25. The quantitative estimate of drug-likeness (QED) is 0.821. The lowest BCUT2D eigenvalue weighted by Crippen LogP contribution is -2.37. The van der Waals surface area contributed by atoms with Gasteiger partial charge in [-0.2, -0.15) is 0 Å². The molecule has 4 heterocycles. The Labute approximate surface area is 182 Å². The van der Waals surface area contributed by atoms with Gasteiger partial charge in [0, 0.05) is 62.5 Å². The van der Waals surface area contributed by atoms with Crippen LogP contribution < -0.4 is 5.32 Å². The predicted molar refractivity (Wildman–Crippen MR) is 124 cm³/mol. The second-order valence-electron chi connectivity index (χ2n) is 8.62. The molecule has 1 atom stereocenters. The van der Waals surface area contributed by atoms with Crippen molar-refractivity contribution >= 4 is 35.1 Å². The van der Waals surface area contributed by atoms with Gasteiger partial charge in [-0.15, -0.1) is 0 Å². The van der Waals surface area contributed by atoms with Crippen LogP contribution in [0.1, 0.15) is 41.4 Å². The van der Waals surface area contributed by atoms with Crippen molar-refractivity contribution in [1.29, 1.82) is 0 Å². The molecule has 1 unspecified atom stereocenters. The third kappa shape index (κ3) is 3.65. The van der Waals surface area contributed by atoms with E-state index in [-0.39, 0.29) is 11.3 Å². The number of carbonyl (C=O) groups is 1. The summed E-state index contributed by atoms with van der Waals surface area (Å²) >= 11 is 1.74. The molecule has 1 N–H and O–H groups in total. The van der Waals surface area contributed by atoms with Gasteiger partial charge in [0.15, 0.2) is 0 Å². The minimum Gasteiger partial charge on any atom is -0.343 e. The van der Waals surface area contributed by atoms with Gasteiger partial charge in [0.25, 0.3) is 5.91 Å². The first kappa shape index (κ1) is 19.7. The van der Waals surface area contributed by atoms with Gasteiger partial charge in [-0.3, -0.25) is 13.8 Å². The number of likely N-dealkylation sites (tertiary alicyclic amines) is 1. The highest BCUT2D eigenvalue weighted by molar-refractivity contribution is 7.98. The van der Waals surface area contributed by atoms with E-state index in [0.717, 1.165) is 56.9 Å². The normalized spacial score (nSPS) is 22.0. The van der Waals surface area contributed by atoms with Gasteiger partial charge in [0.05, 0.1) is 11.9 Å². The van der Waals surface area contributed by atoms with Crippen LogP contribution in [0.5, 0.6) is 0 Å². The molecular weight excluding hydrogens is 394 g/mol. The molecule has 1 aromatic heterocycles. The lowest BCUT2D eigenvalue weighted by molar-refractivity contribution is 0.0697. The van der Waals surface area contributed by atoms with Gasteiger partial charge >= 0.3 is 0 Å². The first-order chi connectivity index (χ1) is 14.6. The van der Waals surface area contributed by atoms with Gasteiger partial charge < -0.3 is 15.1 Å². The van der Waals surface area contributed by atoms with Crippen molar-refractivity contribution in [3.63, 3.8) is 0 Å². The van der Waals surface area contributed by atoms with E-state index in [4.69, 9.17) is 0 Å². The highest BCUT2D eigenvalue weighted by Gasteiger charge is 2.25. The van der Waals surface area contributed by atoms with Gasteiger partial charge in [-0.05, 0) is 60.5 Å². The number of rotatable bonds is 3. The molecular formula is C23H29N5OS. The molecule has 158 valence electrons. The molecule has 30 heavy (non-hydrogen) atoms. The van der Waals surface area contributed by atoms with E-state index < -0.39 is 0 Å². The van der Waals surface area contributed by atoms with Crippen LogP contribution >= 0.6 is 11.9 Å². The Morgan fingerprint density at radius 2 is 2.10 bits per heavy atom. The third-order valence-electron chi connectivity index (χ3n) is 6.39. The van der Waals surface area contributed by atoms with Crippen LogP contribution in [0.25, 0.3) is 10.9 Å². The van der Waals surface area contributed by atoms with Crippen molar-refractivity contribution in [3.05, 3.63) is 47.3 Å². The fourth-order valence-corrected chi connectivity index (χ4v) is 5.60. The van der Waals surface area contributed by atoms with E-state index in [1.165, 1.54) is 22.2 Å². The summed E-state index contributed by atoms with van der Waals surface area (Å²) < 4.78 is 2.35. The summed E-state index contributed by atoms with van der Waals surface area (Å²) in [5.41, 5.74) is 4.67. The van der Waals surface area contributed by atoms with E-state index in [2.05, 4.69) is 45.6 Å². The van der Waals surface area contributed by atoms with Crippen molar-refractivity contribution in [2.24, 2.45) is 10.9 Å². The number of benzene rings is 1. The van der Waals surface area contributed by atoms with Crippen molar-refractivity contribution in [3.8, 4) is 0 Å². The Balaban J connectivity index is 1.49. The Kier molecular flexibility index (Phi) is 5.33. The first-order valence-electron chi connectivity index (χ1n) is 10.9. The Morgan fingerprint density at radius 1 is 1.27 bits per heavy atom. The lowest BCUT2D eigenvalue weighted by atomic mass is 9.98. The molecule has 2 aromatic rings. The molecule has 0 spiro atoms. The molecule has 1 saturated heterocycles. The number of piperidine rings is 1. The minimum absolute atomic E-state index is 0.0624. The SMILES string of the molecule is CC1CCN(C(=O)c2ccc3c(c2)c2c(n3SC3C=CN(C)C=N3)CCNC2)CC1. The Morgan fingerprint density at radius 3 is 2.87 bits per heavy atom. The second kappa shape index (κ2) is 8.12. The highest BCUT2D eigenvalue weighted by Crippen LogP contribution is 2.35. The maximum atomic E-state index is 13.1. The largest absolute Gasteiger partial charge is 0.343 e. The average molecular weight is 424 g/mol. The summed E-state index contributed by atoms with van der Waals surface area (Å²) in [4.78, 5) is 21.8. The smallest absolute Gasteiger partial charge is 0.253 e. The topological polar surface area (TPSA) is 52.9 Å². The second-order valence-corrected chi connectivity index (χ2v) is 9.68. The standard InChI is InChI=1S/C23H29N5OS/c1-16-6-11-27(12-7-16)23(29)17-3-4-20-18(13-17)19-14-24-9-5-21(19)28(20)30-22-8-10-26(2)15-25-22/h3-4,8,10,13,15-16,22,24H,5-7,9,11-12,14H2,1-2H3. The van der Waals surface area contributed by atoms with Gasteiger partial charge in [0.2, 0.25) is 0 Å². The Hall–Kier alpha value is -2.25. The van der Waals surface area contributed by atoms with Crippen molar-refractivity contribution in [2.45, 2.75) is 38.1 Å². The molecule has 3 aliphatic rings. The van der Waals surface area contributed by atoms with Crippen LogP contribution in [-0.2, 0) is 13.0 Å². The molecule has 7 heteroatoms. The van der Waals surface area contributed by atoms with E-state index in [0.29, 0.717) is 0 Å². The first-order valence-corrected chi connectivity index (χ1v) is 11.7. The summed E-state index contributed by atoms with van der Waals surface area (Å²) in [5.74, 6) is 0.890. The number of aliphatic imine (C=N–C) groups is 1. The molecule has 0 saturated carbocycles. The molecule has 3 aliphatic heterocycles. The van der Waals surface area contributed by atoms with Crippen LogP contribution in [0.4, 0.5) is 0 Å². The number of nitrogens with one attached hydrogen (secondary N) is 1. The molecule has 0 bridgehead atoms. The van der Waals surface area contributed by atoms with E-state index in [9.17, 15) is 4.79 Å². The van der Waals surface area contributed by atoms with Crippen LogP contribution in [0.2, 0.25) is 0 Å². The van der Waals surface area contributed by atoms with Crippen LogP contribution in [-0.4, -0.2) is 58.1 Å². The maximum absolute atomic E-state index is 13.1. The molecule has 5 rings (SSSR count). The number of carbonyl (C=O) groups excluding carboxylic acids is 1. The van der Waals surface area contributed by atoms with Crippen molar-refractivity contribution in [1.82, 2.24) is 19.1 Å². The number of nitrogens with zero attached hydrogens (tertiary/aromatic N) is 4. The van der Waals surface area contributed by atoms with E-state index in [1.807, 2.05) is 29.3 Å². The molecule has 1 fully saturated rings. The molecule has 1 amide bonds. The van der Waals surface area contributed by atoms with Gasteiger partial charge in [-0.25, -0.2) is 0 Å². The Bertz CT molecular complexity index is 1000. The summed E-state index contributed by atoms with van der Waals surface area (Å²) in [6.07, 6.45) is 9.24. The van der Waals surface area contributed by atoms with Crippen molar-refractivity contribution in [2.75, 3.05) is 26.7 Å². The van der Waals surface area contributed by atoms with Crippen LogP contribution in [0.3, 0.4) is 0 Å². The minimum atomic E-state index is 0.0624. The number of hydrogen-bond donors (Lipinski definition) is 1. The zero-order chi connectivity index (χ0) is 20.7. The molecule has 0 radical (unpaired) electrons. The monoisotopic (exact) mass is 423 g/mol. The van der Waals surface area contributed by atoms with E-state index >= 15 is 0 Å². The van der Waals surface area contributed by atoms with Gasteiger partial charge in [0.1, 0.15) is 5.37 Å². The molecule has 6 nitrogen and oxygen atoms in total. The fraction of sp³-hybridized carbons (Fsp3) is 0.478. The summed E-state index contributed by atoms with van der Waals surface area (Å²) in [6.45, 7) is 5.85. The third-order valence-corrected chi connectivity index (χ3v) is 7.51. The maximum Gasteiger partial charge on any atom is 0.253 e.